The van der Waals surface area contributed by atoms with Gasteiger partial charge in [-0.15, -0.1) is 0 Å². The van der Waals surface area contributed by atoms with E-state index in [0.29, 0.717) is 29.9 Å². The molecule has 0 saturated carbocycles. The predicted octanol–water partition coefficient (Wildman–Crippen LogP) is 4.03. The predicted molar refractivity (Wildman–Crippen MR) is 125 cm³/mol. The summed E-state index contributed by atoms with van der Waals surface area (Å²) in [6.45, 7) is 8.75. The summed E-state index contributed by atoms with van der Waals surface area (Å²) in [6, 6.07) is 6.58. The summed E-state index contributed by atoms with van der Waals surface area (Å²) < 4.78 is 26.7. The molecule has 0 aliphatic heterocycles. The lowest BCUT2D eigenvalue weighted by molar-refractivity contribution is 0.0167. The van der Waals surface area contributed by atoms with E-state index in [2.05, 4.69) is 33.0 Å². The lowest BCUT2D eigenvalue weighted by atomic mass is 10.1. The normalized spacial score (nSPS) is 12.2. The molecule has 33 heavy (non-hydrogen) atoms. The van der Waals surface area contributed by atoms with Crippen molar-refractivity contribution >= 4 is 23.8 Å². The second-order valence-electron chi connectivity index (χ2n) is 7.37. The van der Waals surface area contributed by atoms with Gasteiger partial charge in [-0.2, -0.15) is 10.4 Å². The molecule has 1 aromatic carbocycles. The van der Waals surface area contributed by atoms with Crippen LogP contribution in [0.5, 0.6) is 0 Å². The quantitative estimate of drug-likeness (QED) is 0.429. The third-order valence-electron chi connectivity index (χ3n) is 4.90. The second-order valence-corrected chi connectivity index (χ2v) is 7.37. The van der Waals surface area contributed by atoms with Gasteiger partial charge in [-0.3, -0.25) is 9.80 Å². The summed E-state index contributed by atoms with van der Waals surface area (Å²) in [5.41, 5.74) is 0.943. The molecule has 1 aromatic heterocycles. The highest BCUT2D eigenvalue weighted by Crippen LogP contribution is 2.26. The number of likely N-dealkylation sites (N-methyl/N-ethyl adjacent to an activating group) is 1. The lowest BCUT2D eigenvalue weighted by Gasteiger charge is -2.30. The third kappa shape index (κ3) is 6.55. The van der Waals surface area contributed by atoms with Gasteiger partial charge in [-0.25, -0.2) is 18.7 Å². The number of nitrogens with one attached hydrogen (secondary N) is 1. The topological polar surface area (TPSA) is 97.5 Å². The zero-order valence-electron chi connectivity index (χ0n) is 19.1. The van der Waals surface area contributed by atoms with Crippen LogP contribution in [-0.2, 0) is 5.92 Å². The smallest absolute Gasteiger partial charge is 0.273 e. The summed E-state index contributed by atoms with van der Waals surface area (Å²) in [6.07, 6.45) is 5.16. The number of benzene rings is 1. The van der Waals surface area contributed by atoms with E-state index < -0.39 is 5.92 Å². The third-order valence-corrected chi connectivity index (χ3v) is 4.90. The Bertz CT molecular complexity index is 1040. The molecule has 0 fully saturated rings. The Morgan fingerprint density at radius 3 is 2.61 bits per heavy atom. The van der Waals surface area contributed by atoms with Crippen LogP contribution in [0.2, 0.25) is 0 Å². The number of rotatable bonds is 10. The van der Waals surface area contributed by atoms with Gasteiger partial charge >= 0.3 is 0 Å². The molecule has 0 radical (unpaired) electrons. The monoisotopic (exact) mass is 455 g/mol. The van der Waals surface area contributed by atoms with Crippen LogP contribution in [0.3, 0.4) is 0 Å². The molecule has 1 unspecified atom stereocenters. The number of halogens is 2. The van der Waals surface area contributed by atoms with Gasteiger partial charge in [0.2, 0.25) is 5.95 Å². The minimum absolute atomic E-state index is 0.184. The number of hydrogen-bond donors (Lipinski definition) is 1. The molecule has 1 heterocycles. The van der Waals surface area contributed by atoms with Crippen LogP contribution in [0.15, 0.2) is 48.3 Å². The molecule has 0 spiro atoms. The number of nitriles is 1. The van der Waals surface area contributed by atoms with Gasteiger partial charge in [0.25, 0.3) is 11.8 Å². The van der Waals surface area contributed by atoms with Crippen molar-refractivity contribution in [3.05, 3.63) is 59.9 Å². The highest BCUT2D eigenvalue weighted by molar-refractivity contribution is 6.00. The number of carbonyl (C=O) groups excluding carboxylic acids is 1. The fraction of sp³-hybridized carbons (Fsp3) is 0.348. The molecule has 2 rings (SSSR count). The van der Waals surface area contributed by atoms with Crippen LogP contribution in [0.25, 0.3) is 0 Å². The Morgan fingerprint density at radius 2 is 2.06 bits per heavy atom. The zero-order chi connectivity index (χ0) is 24.6. The van der Waals surface area contributed by atoms with Gasteiger partial charge in [0, 0.05) is 51.7 Å². The van der Waals surface area contributed by atoms with E-state index in [-0.39, 0.29) is 23.5 Å². The first-order chi connectivity index (χ1) is 15.6. The summed E-state index contributed by atoms with van der Waals surface area (Å²) in [7, 11) is 1.69. The fourth-order valence-corrected chi connectivity index (χ4v) is 3.07. The molecule has 0 aliphatic carbocycles. The number of carbonyl (C=O) groups is 1. The Hall–Kier alpha value is -3.87. The fourth-order valence-electron chi connectivity index (χ4n) is 3.07. The Kier molecular flexibility index (Phi) is 8.56. The average Bonchev–Trinajstić information content (AvgIpc) is 2.80. The van der Waals surface area contributed by atoms with Crippen LogP contribution in [0, 0.1) is 11.3 Å². The first kappa shape index (κ1) is 25.4. The highest BCUT2D eigenvalue weighted by atomic mass is 19.3. The van der Waals surface area contributed by atoms with Crippen LogP contribution < -0.4 is 10.3 Å². The van der Waals surface area contributed by atoms with Crippen molar-refractivity contribution in [2.24, 2.45) is 5.10 Å². The molecule has 0 bridgehead atoms. The van der Waals surface area contributed by atoms with Crippen LogP contribution >= 0.6 is 0 Å². The molecule has 2 aromatic rings. The Balaban J connectivity index is 2.22. The maximum absolute atomic E-state index is 13.4. The van der Waals surface area contributed by atoms with Crippen molar-refractivity contribution < 1.29 is 13.6 Å². The SMILES string of the molecule is C=C/C=N\N(C)c1ccc(C#N)cc1C(=O)N(CC)C(C)CNc1ncc(C(C)(F)F)cn1. The summed E-state index contributed by atoms with van der Waals surface area (Å²) in [5.74, 6) is -3.11. The van der Waals surface area contributed by atoms with E-state index in [4.69, 9.17) is 0 Å². The number of allylic oxidation sites excluding steroid dienone is 1. The molecule has 174 valence electrons. The lowest BCUT2D eigenvalue weighted by Crippen LogP contribution is -2.42. The number of aromatic nitrogens is 2. The summed E-state index contributed by atoms with van der Waals surface area (Å²) in [4.78, 5) is 22.9. The van der Waals surface area contributed by atoms with E-state index in [9.17, 15) is 18.8 Å². The van der Waals surface area contributed by atoms with E-state index in [1.807, 2.05) is 13.8 Å². The molecule has 10 heteroatoms. The molecule has 1 amide bonds. The number of hydrazone groups is 1. The van der Waals surface area contributed by atoms with Crippen molar-refractivity contribution in [2.45, 2.75) is 32.7 Å². The minimum atomic E-state index is -3.02. The van der Waals surface area contributed by atoms with Crippen LogP contribution in [0.4, 0.5) is 20.4 Å². The minimum Gasteiger partial charge on any atom is -0.352 e. The summed E-state index contributed by atoms with van der Waals surface area (Å²) in [5, 5.41) is 18.0. The molecular formula is C23H27F2N7O. The van der Waals surface area contributed by atoms with E-state index in [1.165, 1.54) is 23.4 Å². The molecule has 0 saturated heterocycles. The van der Waals surface area contributed by atoms with E-state index >= 15 is 0 Å². The largest absolute Gasteiger partial charge is 0.352 e. The van der Waals surface area contributed by atoms with Crippen LogP contribution in [0.1, 0.15) is 42.3 Å². The van der Waals surface area contributed by atoms with Crippen molar-refractivity contribution in [2.75, 3.05) is 30.5 Å². The van der Waals surface area contributed by atoms with Gasteiger partial charge in [0.1, 0.15) is 0 Å². The molecule has 1 atom stereocenters. The first-order valence-corrected chi connectivity index (χ1v) is 10.3. The zero-order valence-corrected chi connectivity index (χ0v) is 19.1. The Labute approximate surface area is 192 Å². The molecular weight excluding hydrogens is 428 g/mol. The van der Waals surface area contributed by atoms with Gasteiger partial charge < -0.3 is 10.2 Å². The van der Waals surface area contributed by atoms with Gasteiger partial charge in [-0.05, 0) is 38.1 Å². The maximum Gasteiger partial charge on any atom is 0.273 e. The maximum atomic E-state index is 13.4. The van der Waals surface area contributed by atoms with Crippen LogP contribution in [-0.4, -0.2) is 53.2 Å². The van der Waals surface area contributed by atoms with Crippen molar-refractivity contribution in [3.8, 4) is 6.07 Å². The van der Waals surface area contributed by atoms with Gasteiger partial charge in [0.15, 0.2) is 0 Å². The average molecular weight is 456 g/mol. The molecule has 0 aliphatic rings. The van der Waals surface area contributed by atoms with Crippen molar-refractivity contribution in [1.82, 2.24) is 14.9 Å². The number of anilines is 2. The molecule has 8 nitrogen and oxygen atoms in total. The highest BCUT2D eigenvalue weighted by Gasteiger charge is 2.26. The number of hydrogen-bond acceptors (Lipinski definition) is 7. The second kappa shape index (κ2) is 11.1. The Morgan fingerprint density at radius 1 is 1.39 bits per heavy atom. The number of amides is 1. The van der Waals surface area contributed by atoms with Crippen molar-refractivity contribution in [3.63, 3.8) is 0 Å². The van der Waals surface area contributed by atoms with E-state index in [1.54, 1.807) is 24.1 Å². The standard InChI is InChI=1S/C23H27F2N7O/c1-6-10-30-31(5)20-9-8-17(12-26)11-19(20)21(33)32(7-2)16(3)13-27-22-28-14-18(15-29-22)23(4,24)25/h6,8-11,14-16H,1,7,13H2,2-5H3,(H,27,28,29)/b30-10-. The van der Waals surface area contributed by atoms with Crippen molar-refractivity contribution in [1.29, 1.82) is 5.26 Å². The van der Waals surface area contributed by atoms with E-state index in [0.717, 1.165) is 19.3 Å². The first-order valence-electron chi connectivity index (χ1n) is 10.3. The van der Waals surface area contributed by atoms with Gasteiger partial charge in [-0.1, -0.05) is 6.58 Å². The number of nitrogens with zero attached hydrogens (tertiary/aromatic N) is 6. The van der Waals surface area contributed by atoms with Gasteiger partial charge in [0.05, 0.1) is 28.4 Å². The summed E-state index contributed by atoms with van der Waals surface area (Å²) >= 11 is 0. The number of alkyl halides is 2. The molecule has 1 N–H and O–H groups in total.